The average molecular weight is 424 g/mol. The van der Waals surface area contributed by atoms with E-state index in [2.05, 4.69) is 46.0 Å². The molecule has 0 aliphatic carbocycles. The van der Waals surface area contributed by atoms with Crippen LogP contribution in [0.2, 0.25) is 5.02 Å². The van der Waals surface area contributed by atoms with Crippen LogP contribution in [0.4, 0.5) is 0 Å². The molecule has 0 saturated heterocycles. The first kappa shape index (κ1) is 17.5. The van der Waals surface area contributed by atoms with Crippen molar-refractivity contribution >= 4 is 50.4 Å². The molecule has 1 aliphatic rings. The molecule has 124 valence electrons. The van der Waals surface area contributed by atoms with Gasteiger partial charge in [-0.3, -0.25) is 14.7 Å². The van der Waals surface area contributed by atoms with Gasteiger partial charge in [0, 0.05) is 16.8 Å². The average Bonchev–Trinajstić information content (AvgIpc) is 3.03. The number of hydrogen-bond acceptors (Lipinski definition) is 3. The summed E-state index contributed by atoms with van der Waals surface area (Å²) in [4.78, 5) is 19.0. The van der Waals surface area contributed by atoms with Gasteiger partial charge in [-0.25, -0.2) is 0 Å². The number of rotatable bonds is 3. The summed E-state index contributed by atoms with van der Waals surface area (Å²) in [5.41, 5.74) is 2.95. The van der Waals surface area contributed by atoms with Gasteiger partial charge in [0.25, 0.3) is 5.91 Å². The normalized spacial score (nSPS) is 14.0. The maximum atomic E-state index is 12.8. The summed E-state index contributed by atoms with van der Waals surface area (Å²) in [6, 6.07) is 13.7. The van der Waals surface area contributed by atoms with Crippen molar-refractivity contribution in [1.82, 2.24) is 4.90 Å². The Morgan fingerprint density at radius 3 is 2.96 bits per heavy atom. The van der Waals surface area contributed by atoms with Crippen molar-refractivity contribution in [2.24, 2.45) is 4.99 Å². The maximum absolute atomic E-state index is 12.8. The second kappa shape index (κ2) is 7.72. The number of amides is 1. The fourth-order valence-corrected chi connectivity index (χ4v) is 4.04. The molecule has 24 heavy (non-hydrogen) atoms. The van der Waals surface area contributed by atoms with Gasteiger partial charge in [-0.15, -0.1) is 0 Å². The topological polar surface area (TPSA) is 32.7 Å². The number of amidine groups is 1. The number of nitrogens with zero attached hydrogens (tertiary/aromatic N) is 2. The number of hydrogen-bond donors (Lipinski definition) is 0. The van der Waals surface area contributed by atoms with Crippen molar-refractivity contribution in [2.75, 3.05) is 13.1 Å². The molecule has 1 heterocycles. The molecule has 0 spiro atoms. The number of carbonyl (C=O) groups is 1. The molecule has 1 amide bonds. The van der Waals surface area contributed by atoms with E-state index in [-0.39, 0.29) is 5.91 Å². The molecule has 2 aromatic rings. The summed E-state index contributed by atoms with van der Waals surface area (Å²) < 4.78 is 0.834. The second-order valence-corrected chi connectivity index (χ2v) is 7.79. The molecule has 0 bridgehead atoms. The monoisotopic (exact) mass is 422 g/mol. The van der Waals surface area contributed by atoms with Gasteiger partial charge in [-0.2, -0.15) is 0 Å². The molecule has 0 saturated carbocycles. The molecule has 2 aromatic carbocycles. The van der Waals surface area contributed by atoms with Gasteiger partial charge >= 0.3 is 0 Å². The standard InChI is InChI=1S/C18H16BrClN2OS/c1-12-3-2-4-13(9-12)11-24-18-21-7-8-22(18)17(23)15-10-14(19)5-6-16(15)20/h2-6,9-10H,7-8,11H2,1H3. The molecule has 0 N–H and O–H groups in total. The van der Waals surface area contributed by atoms with Gasteiger partial charge < -0.3 is 0 Å². The van der Waals surface area contributed by atoms with Gasteiger partial charge in [-0.1, -0.05) is 69.1 Å². The van der Waals surface area contributed by atoms with Gasteiger partial charge in [0.2, 0.25) is 0 Å². The largest absolute Gasteiger partial charge is 0.286 e. The molecule has 1 aliphatic heterocycles. The van der Waals surface area contributed by atoms with Crippen molar-refractivity contribution in [1.29, 1.82) is 0 Å². The van der Waals surface area contributed by atoms with Crippen LogP contribution >= 0.6 is 39.3 Å². The Bertz CT molecular complexity index is 809. The van der Waals surface area contributed by atoms with Crippen LogP contribution in [-0.4, -0.2) is 29.1 Å². The van der Waals surface area contributed by atoms with Crippen molar-refractivity contribution in [3.8, 4) is 0 Å². The van der Waals surface area contributed by atoms with Crippen molar-refractivity contribution in [3.63, 3.8) is 0 Å². The number of halogens is 2. The lowest BCUT2D eigenvalue weighted by molar-refractivity contribution is 0.0861. The summed E-state index contributed by atoms with van der Waals surface area (Å²) in [6.45, 7) is 3.30. The Morgan fingerprint density at radius 2 is 2.17 bits per heavy atom. The maximum Gasteiger partial charge on any atom is 0.261 e. The zero-order valence-electron chi connectivity index (χ0n) is 13.1. The lowest BCUT2D eigenvalue weighted by Crippen LogP contribution is -2.33. The lowest BCUT2D eigenvalue weighted by Gasteiger charge is -2.18. The van der Waals surface area contributed by atoms with Gasteiger partial charge in [0.15, 0.2) is 5.17 Å². The SMILES string of the molecule is Cc1cccc(CSC2=NCCN2C(=O)c2cc(Br)ccc2Cl)c1. The second-order valence-electron chi connectivity index (χ2n) is 5.52. The van der Waals surface area contributed by atoms with E-state index in [1.165, 1.54) is 11.1 Å². The van der Waals surface area contributed by atoms with Crippen LogP contribution in [0.1, 0.15) is 21.5 Å². The zero-order valence-corrected chi connectivity index (χ0v) is 16.3. The molecule has 0 radical (unpaired) electrons. The third-order valence-corrected chi connectivity index (χ3v) is 5.56. The number of aryl methyl sites for hydroxylation is 1. The first-order valence-electron chi connectivity index (χ1n) is 7.54. The number of aliphatic imine (C=N–C) groups is 1. The summed E-state index contributed by atoms with van der Waals surface area (Å²) >= 11 is 11.2. The summed E-state index contributed by atoms with van der Waals surface area (Å²) in [7, 11) is 0. The number of benzene rings is 2. The Labute approximate surface area is 159 Å². The predicted octanol–water partition coefficient (Wildman–Crippen LogP) is 5.16. The Morgan fingerprint density at radius 1 is 1.33 bits per heavy atom. The zero-order chi connectivity index (χ0) is 17.1. The van der Waals surface area contributed by atoms with Crippen molar-refractivity contribution < 1.29 is 4.79 Å². The van der Waals surface area contributed by atoms with E-state index in [0.717, 1.165) is 15.4 Å². The minimum atomic E-state index is -0.103. The van der Waals surface area contributed by atoms with Gasteiger partial charge in [0.1, 0.15) is 0 Å². The Hall–Kier alpha value is -1.30. The molecule has 3 nitrogen and oxygen atoms in total. The van der Waals surface area contributed by atoms with Crippen LogP contribution in [0.3, 0.4) is 0 Å². The van der Waals surface area contributed by atoms with E-state index < -0.39 is 0 Å². The van der Waals surface area contributed by atoms with Crippen LogP contribution < -0.4 is 0 Å². The quantitative estimate of drug-likeness (QED) is 0.683. The highest BCUT2D eigenvalue weighted by Crippen LogP contribution is 2.26. The number of carbonyl (C=O) groups excluding carboxylic acids is 1. The summed E-state index contributed by atoms with van der Waals surface area (Å²) in [6.07, 6.45) is 0. The van der Waals surface area contributed by atoms with Crippen LogP contribution in [-0.2, 0) is 5.75 Å². The summed E-state index contributed by atoms with van der Waals surface area (Å²) in [5, 5.41) is 1.22. The molecule has 0 atom stereocenters. The third kappa shape index (κ3) is 4.02. The van der Waals surface area contributed by atoms with E-state index in [1.54, 1.807) is 28.8 Å². The van der Waals surface area contributed by atoms with Crippen LogP contribution in [0.25, 0.3) is 0 Å². The number of thioether (sulfide) groups is 1. The van der Waals surface area contributed by atoms with E-state index in [4.69, 9.17) is 11.6 Å². The lowest BCUT2D eigenvalue weighted by atomic mass is 10.2. The van der Waals surface area contributed by atoms with E-state index in [1.807, 2.05) is 12.1 Å². The fraction of sp³-hybridized carbons (Fsp3) is 0.222. The molecule has 0 aromatic heterocycles. The van der Waals surface area contributed by atoms with E-state index in [0.29, 0.717) is 23.7 Å². The van der Waals surface area contributed by atoms with E-state index >= 15 is 0 Å². The minimum absolute atomic E-state index is 0.103. The first-order valence-corrected chi connectivity index (χ1v) is 9.70. The highest BCUT2D eigenvalue weighted by atomic mass is 79.9. The van der Waals surface area contributed by atoms with Crippen LogP contribution in [0.15, 0.2) is 51.9 Å². The predicted molar refractivity (Wildman–Crippen MR) is 105 cm³/mol. The molecule has 3 rings (SSSR count). The molecule has 6 heteroatoms. The highest BCUT2D eigenvalue weighted by molar-refractivity contribution is 9.10. The van der Waals surface area contributed by atoms with Gasteiger partial charge in [-0.05, 0) is 30.7 Å². The van der Waals surface area contributed by atoms with Gasteiger partial charge in [0.05, 0.1) is 17.1 Å². The van der Waals surface area contributed by atoms with E-state index in [9.17, 15) is 4.79 Å². The Kier molecular flexibility index (Phi) is 5.64. The fourth-order valence-electron chi connectivity index (χ4n) is 2.50. The highest BCUT2D eigenvalue weighted by Gasteiger charge is 2.26. The molecular weight excluding hydrogens is 408 g/mol. The molecule has 0 unspecified atom stereocenters. The minimum Gasteiger partial charge on any atom is -0.286 e. The summed E-state index contributed by atoms with van der Waals surface area (Å²) in [5.74, 6) is 0.686. The molecule has 0 fully saturated rings. The Balaban J connectivity index is 1.73. The molecular formula is C18H16BrClN2OS. The first-order chi connectivity index (χ1) is 11.5. The van der Waals surface area contributed by atoms with Crippen molar-refractivity contribution in [2.45, 2.75) is 12.7 Å². The smallest absolute Gasteiger partial charge is 0.261 e. The van der Waals surface area contributed by atoms with Crippen molar-refractivity contribution in [3.05, 3.63) is 68.7 Å². The van der Waals surface area contributed by atoms with Crippen LogP contribution in [0.5, 0.6) is 0 Å². The van der Waals surface area contributed by atoms with Crippen LogP contribution in [0, 0.1) is 6.92 Å². The third-order valence-electron chi connectivity index (χ3n) is 3.66.